The van der Waals surface area contributed by atoms with Gasteiger partial charge in [-0.2, -0.15) is 0 Å². The Morgan fingerprint density at radius 1 is 1.56 bits per heavy atom. The molecule has 2 atom stereocenters. The fourth-order valence-electron chi connectivity index (χ4n) is 1.27. The topological polar surface area (TPSA) is 43.1 Å². The van der Waals surface area contributed by atoms with Crippen molar-refractivity contribution in [2.75, 3.05) is 0 Å². The molecule has 1 unspecified atom stereocenters. The molecule has 1 aliphatic rings. The molecule has 0 amide bonds. The summed E-state index contributed by atoms with van der Waals surface area (Å²) in [7, 11) is 0. The van der Waals surface area contributed by atoms with Gasteiger partial charge in [-0.1, -0.05) is 6.42 Å². The van der Waals surface area contributed by atoms with Crippen molar-refractivity contribution in [3.8, 4) is 0 Å². The lowest BCUT2D eigenvalue weighted by Gasteiger charge is -2.08. The molecule has 1 fully saturated rings. The lowest BCUT2D eigenvalue weighted by Crippen LogP contribution is -2.27. The summed E-state index contributed by atoms with van der Waals surface area (Å²) in [6.45, 7) is 0. The summed E-state index contributed by atoms with van der Waals surface area (Å²) in [5.41, 5.74) is 5.65. The Kier molecular flexibility index (Phi) is 2.46. The Bertz CT molecular complexity index is 126. The number of carbonyl (C=O) groups is 1. The maximum absolute atomic E-state index is 10.8. The number of carbonyl (C=O) groups excluding carboxylic acids is 1. The van der Waals surface area contributed by atoms with Crippen molar-refractivity contribution in [3.63, 3.8) is 0 Å². The predicted molar refractivity (Wildman–Crippen MR) is 44.3 cm³/mol. The van der Waals surface area contributed by atoms with E-state index in [9.17, 15) is 4.79 Å². The van der Waals surface area contributed by atoms with Crippen molar-refractivity contribution in [2.24, 2.45) is 11.7 Å². The average molecular weight is 239 g/mol. The molecule has 0 saturated heterocycles. The fourth-order valence-corrected chi connectivity index (χ4v) is 2.04. The normalized spacial score (nSPS) is 34.9. The third-order valence-corrected chi connectivity index (χ3v) is 2.66. The molecular weight excluding hydrogens is 229 g/mol. The highest BCUT2D eigenvalue weighted by atomic mass is 127. The highest BCUT2D eigenvalue weighted by molar-refractivity contribution is 14.1. The van der Waals surface area contributed by atoms with E-state index < -0.39 is 0 Å². The van der Waals surface area contributed by atoms with Crippen LogP contribution in [0.1, 0.15) is 19.3 Å². The van der Waals surface area contributed by atoms with E-state index >= 15 is 0 Å². The molecule has 0 bridgehead atoms. The zero-order valence-electron chi connectivity index (χ0n) is 5.14. The van der Waals surface area contributed by atoms with Gasteiger partial charge in [-0.05, 0) is 35.4 Å². The van der Waals surface area contributed by atoms with Crippen LogP contribution in [-0.2, 0) is 4.79 Å². The second-order valence-corrected chi connectivity index (χ2v) is 3.57. The molecule has 1 rings (SSSR count). The molecule has 0 heterocycles. The number of hydrogen-bond acceptors (Lipinski definition) is 2. The highest BCUT2D eigenvalue weighted by Gasteiger charge is 2.28. The van der Waals surface area contributed by atoms with Gasteiger partial charge in [0, 0.05) is 12.0 Å². The zero-order valence-corrected chi connectivity index (χ0v) is 7.30. The van der Waals surface area contributed by atoms with E-state index in [0.29, 0.717) is 0 Å². The van der Waals surface area contributed by atoms with Gasteiger partial charge in [0.15, 0.2) is 3.79 Å². The number of rotatable bonds is 1. The third kappa shape index (κ3) is 1.64. The highest BCUT2D eigenvalue weighted by Crippen LogP contribution is 2.26. The predicted octanol–water partition coefficient (Wildman–Crippen LogP) is 1.08. The quantitative estimate of drug-likeness (QED) is 0.549. The van der Waals surface area contributed by atoms with Crippen LogP contribution in [0.3, 0.4) is 0 Å². The molecule has 9 heavy (non-hydrogen) atoms. The van der Waals surface area contributed by atoms with Crippen molar-refractivity contribution >= 4 is 26.4 Å². The van der Waals surface area contributed by atoms with E-state index in [0.717, 1.165) is 19.3 Å². The molecule has 0 radical (unpaired) electrons. The van der Waals surface area contributed by atoms with Crippen LogP contribution in [0.5, 0.6) is 0 Å². The summed E-state index contributed by atoms with van der Waals surface area (Å²) in [6, 6.07) is 0.148. The second kappa shape index (κ2) is 2.96. The van der Waals surface area contributed by atoms with Crippen LogP contribution >= 0.6 is 22.6 Å². The van der Waals surface area contributed by atoms with E-state index in [2.05, 4.69) is 0 Å². The summed E-state index contributed by atoms with van der Waals surface area (Å²) in [5.74, 6) is 0.158. The Balaban J connectivity index is 2.49. The molecule has 0 aliphatic heterocycles. The minimum Gasteiger partial charge on any atom is -0.327 e. The Morgan fingerprint density at radius 2 is 2.22 bits per heavy atom. The number of nitrogens with two attached hydrogens (primary N) is 1. The number of halogens is 1. The Labute approximate surface area is 68.3 Å². The first-order valence-electron chi connectivity index (χ1n) is 3.16. The Morgan fingerprint density at radius 3 is 2.44 bits per heavy atom. The average Bonchev–Trinajstić information content (AvgIpc) is 2.13. The molecule has 0 aromatic heterocycles. The van der Waals surface area contributed by atoms with Gasteiger partial charge in [0.1, 0.15) is 0 Å². The molecule has 2 nitrogen and oxygen atoms in total. The SMILES string of the molecule is N[C@@H]1CCCC1C(=O)I. The minimum absolute atomic E-state index is 0.148. The summed E-state index contributed by atoms with van der Waals surface area (Å²) in [4.78, 5) is 10.8. The first-order chi connectivity index (χ1) is 4.22. The van der Waals surface area contributed by atoms with Gasteiger partial charge in [0.05, 0.1) is 0 Å². The van der Waals surface area contributed by atoms with E-state index in [1.54, 1.807) is 0 Å². The molecular formula is C6H10INO. The third-order valence-electron chi connectivity index (χ3n) is 1.86. The van der Waals surface area contributed by atoms with Crippen LogP contribution in [0.4, 0.5) is 0 Å². The van der Waals surface area contributed by atoms with Crippen molar-refractivity contribution < 1.29 is 4.79 Å². The van der Waals surface area contributed by atoms with Gasteiger partial charge in [0.25, 0.3) is 0 Å². The van der Waals surface area contributed by atoms with E-state index in [1.165, 1.54) is 0 Å². The van der Waals surface area contributed by atoms with Crippen LogP contribution in [0, 0.1) is 5.92 Å². The zero-order chi connectivity index (χ0) is 6.85. The van der Waals surface area contributed by atoms with E-state index in [-0.39, 0.29) is 15.7 Å². The maximum Gasteiger partial charge on any atom is 0.197 e. The second-order valence-electron chi connectivity index (χ2n) is 2.51. The molecule has 1 aliphatic carbocycles. The van der Waals surface area contributed by atoms with Crippen molar-refractivity contribution in [3.05, 3.63) is 0 Å². The monoisotopic (exact) mass is 239 g/mol. The van der Waals surface area contributed by atoms with Crippen LogP contribution in [0.25, 0.3) is 0 Å². The molecule has 0 aromatic carbocycles. The van der Waals surface area contributed by atoms with Crippen LogP contribution < -0.4 is 5.73 Å². The van der Waals surface area contributed by atoms with Gasteiger partial charge in [-0.25, -0.2) is 0 Å². The van der Waals surface area contributed by atoms with Gasteiger partial charge >= 0.3 is 0 Å². The van der Waals surface area contributed by atoms with Gasteiger partial charge < -0.3 is 5.73 Å². The Hall–Kier alpha value is 0.360. The smallest absolute Gasteiger partial charge is 0.197 e. The summed E-state index contributed by atoms with van der Waals surface area (Å²) in [6.07, 6.45) is 3.16. The minimum atomic E-state index is 0.148. The lowest BCUT2D eigenvalue weighted by atomic mass is 10.1. The molecule has 3 heteroatoms. The molecule has 1 saturated carbocycles. The summed E-state index contributed by atoms with van der Waals surface area (Å²) in [5, 5.41) is 0. The molecule has 52 valence electrons. The van der Waals surface area contributed by atoms with Crippen LogP contribution in [0.15, 0.2) is 0 Å². The van der Waals surface area contributed by atoms with Gasteiger partial charge in [-0.15, -0.1) is 0 Å². The maximum atomic E-state index is 10.8. The lowest BCUT2D eigenvalue weighted by molar-refractivity contribution is -0.112. The van der Waals surface area contributed by atoms with Crippen molar-refractivity contribution in [1.82, 2.24) is 0 Å². The molecule has 2 N–H and O–H groups in total. The standard InChI is InChI=1S/C6H10INO/c7-6(9)4-2-1-3-5(4)8/h4-5H,1-3,8H2/t4?,5-/m1/s1. The first kappa shape index (κ1) is 7.47. The largest absolute Gasteiger partial charge is 0.327 e. The van der Waals surface area contributed by atoms with Gasteiger partial charge in [-0.3, -0.25) is 4.79 Å². The van der Waals surface area contributed by atoms with Crippen LogP contribution in [-0.4, -0.2) is 9.83 Å². The molecule has 0 spiro atoms. The number of hydrogen-bond donors (Lipinski definition) is 1. The first-order valence-corrected chi connectivity index (χ1v) is 4.24. The van der Waals surface area contributed by atoms with Crippen LogP contribution in [0.2, 0.25) is 0 Å². The van der Waals surface area contributed by atoms with E-state index in [1.807, 2.05) is 22.6 Å². The molecule has 0 aromatic rings. The van der Waals surface area contributed by atoms with Crippen molar-refractivity contribution in [1.29, 1.82) is 0 Å². The summed E-state index contributed by atoms with van der Waals surface area (Å²) >= 11 is 1.84. The summed E-state index contributed by atoms with van der Waals surface area (Å²) < 4.78 is 0.234. The van der Waals surface area contributed by atoms with Gasteiger partial charge in [0.2, 0.25) is 0 Å². The van der Waals surface area contributed by atoms with Crippen molar-refractivity contribution in [2.45, 2.75) is 25.3 Å². The van der Waals surface area contributed by atoms with E-state index in [4.69, 9.17) is 5.73 Å². The fraction of sp³-hybridized carbons (Fsp3) is 0.833.